The minimum atomic E-state index is -0.617. The van der Waals surface area contributed by atoms with E-state index in [-0.39, 0.29) is 66.0 Å². The van der Waals surface area contributed by atoms with Gasteiger partial charge in [-0.2, -0.15) is 0 Å². The van der Waals surface area contributed by atoms with Crippen molar-refractivity contribution in [2.24, 2.45) is 9.98 Å². The Hall–Kier alpha value is -4.69. The summed E-state index contributed by atoms with van der Waals surface area (Å²) in [5.41, 5.74) is -0.300. The second kappa shape index (κ2) is 14.0. The molecule has 0 aliphatic carbocycles. The van der Waals surface area contributed by atoms with Crippen LogP contribution in [0.5, 0.6) is 0 Å². The molecule has 3 rings (SSSR count). The van der Waals surface area contributed by atoms with Crippen LogP contribution in [0.3, 0.4) is 0 Å². The number of nitrogens with zero attached hydrogens (tertiary/aromatic N) is 7. The molecular weight excluding hydrogens is 538 g/mol. The van der Waals surface area contributed by atoms with E-state index >= 15 is 0 Å². The molecule has 195 valence electrons. The van der Waals surface area contributed by atoms with Gasteiger partial charge in [-0.25, -0.2) is 15.0 Å². The van der Waals surface area contributed by atoms with Crippen molar-refractivity contribution < 1.29 is 37.1 Å². The van der Waals surface area contributed by atoms with Crippen molar-refractivity contribution in [3.8, 4) is 0 Å². The number of hydrogen-bond acceptors (Lipinski definition) is 13. The largest absolute Gasteiger partial charge is 2.00 e. The fourth-order valence-electron chi connectivity index (χ4n) is 2.72. The van der Waals surface area contributed by atoms with Crippen molar-refractivity contribution in [1.82, 2.24) is 15.0 Å². The molecule has 0 unspecified atom stereocenters. The number of aliphatic imine (C=N–C) groups is 2. The Bertz CT molecular complexity index is 1180. The molecule has 0 amide bonds. The van der Waals surface area contributed by atoms with Gasteiger partial charge in [-0.3, -0.25) is 30.2 Å². The number of nitro groups is 2. The molecule has 0 aliphatic rings. The quantitative estimate of drug-likeness (QED) is 0.0761. The molecule has 15 nitrogen and oxygen atoms in total. The molecule has 0 atom stereocenters. The third-order valence-electron chi connectivity index (χ3n) is 4.45. The van der Waals surface area contributed by atoms with Gasteiger partial charge in [0.05, 0.1) is 34.3 Å². The van der Waals surface area contributed by atoms with Gasteiger partial charge in [0, 0.05) is 37.0 Å². The molecule has 0 saturated carbocycles. The average molecular weight is 557 g/mol. The van der Waals surface area contributed by atoms with E-state index in [1.807, 2.05) is 0 Å². The van der Waals surface area contributed by atoms with Gasteiger partial charge in [0.15, 0.2) is 0 Å². The Morgan fingerprint density at radius 2 is 1.19 bits per heavy atom. The topological polar surface area (TPSA) is 220 Å². The molecule has 0 spiro atoms. The third kappa shape index (κ3) is 8.79. The second-order valence-electron chi connectivity index (χ2n) is 6.95. The van der Waals surface area contributed by atoms with Gasteiger partial charge in [0.2, 0.25) is 0 Å². The summed E-state index contributed by atoms with van der Waals surface area (Å²) in [6.45, 7) is 0.677. The van der Waals surface area contributed by atoms with Crippen LogP contribution in [0.25, 0.3) is 0 Å². The Balaban J connectivity index is 0.00000481. The van der Waals surface area contributed by atoms with Gasteiger partial charge in [-0.15, -0.1) is 0 Å². The van der Waals surface area contributed by atoms with E-state index in [0.29, 0.717) is 11.6 Å². The van der Waals surface area contributed by atoms with Gasteiger partial charge in [0.25, 0.3) is 11.4 Å². The van der Waals surface area contributed by atoms with E-state index in [4.69, 9.17) is 0 Å². The first-order valence-electron chi connectivity index (χ1n) is 10.4. The van der Waals surface area contributed by atoms with Crippen molar-refractivity contribution in [2.45, 2.75) is 0 Å². The number of pyridine rings is 3. The van der Waals surface area contributed by atoms with E-state index in [9.17, 15) is 30.4 Å². The smallest absolute Gasteiger partial charge is 0.857 e. The number of nitrogens with one attached hydrogen (secondary N) is 2. The zero-order chi connectivity index (χ0) is 25.9. The fourth-order valence-corrected chi connectivity index (χ4v) is 2.72. The summed E-state index contributed by atoms with van der Waals surface area (Å²) < 4.78 is 0. The first kappa shape index (κ1) is 28.5. The molecule has 0 aliphatic heterocycles. The molecular formula is C21H19CuN9O6. The van der Waals surface area contributed by atoms with Crippen LogP contribution >= 0.6 is 0 Å². The summed E-state index contributed by atoms with van der Waals surface area (Å²) in [5.74, 6) is -0.438. The average Bonchev–Trinajstić information content (AvgIpc) is 2.89. The van der Waals surface area contributed by atoms with Gasteiger partial charge in [0.1, 0.15) is 24.0 Å². The zero-order valence-corrected chi connectivity index (χ0v) is 19.8. The van der Waals surface area contributed by atoms with Gasteiger partial charge in [-0.1, -0.05) is 6.07 Å². The standard InChI is InChI=1S/C21H21N9O6.Cu/c31-20(24-10-8-22-18-6-4-14(12-26-18)29(33)34)16-2-1-3-17(28-16)21(32)25-11-9-23-19-7-5-15(13-27-19)30(35)36;/h1-7,12-13H,8-11H2,(H,22,26)(H,23,27)(H,24,31)(H,25,32);/q;+2/p-2. The number of aromatic nitrogens is 3. The normalized spacial score (nSPS) is 11.4. The van der Waals surface area contributed by atoms with Crippen molar-refractivity contribution >= 4 is 34.8 Å². The van der Waals surface area contributed by atoms with Crippen LogP contribution in [0.1, 0.15) is 11.4 Å². The molecule has 0 aromatic carbocycles. The Morgan fingerprint density at radius 3 is 1.54 bits per heavy atom. The van der Waals surface area contributed by atoms with Crippen molar-refractivity contribution in [2.75, 3.05) is 36.8 Å². The molecule has 0 bridgehead atoms. The van der Waals surface area contributed by atoms with Crippen molar-refractivity contribution in [3.63, 3.8) is 0 Å². The molecule has 0 saturated heterocycles. The Labute approximate surface area is 220 Å². The van der Waals surface area contributed by atoms with Gasteiger partial charge >= 0.3 is 17.1 Å². The maximum absolute atomic E-state index is 12.3. The monoisotopic (exact) mass is 556 g/mol. The van der Waals surface area contributed by atoms with Crippen LogP contribution in [0.4, 0.5) is 23.0 Å². The fraction of sp³-hybridized carbons (Fsp3) is 0.190. The number of anilines is 2. The number of hydrogen-bond donors (Lipinski definition) is 2. The minimum Gasteiger partial charge on any atom is -0.857 e. The first-order chi connectivity index (χ1) is 17.3. The number of rotatable bonds is 12. The summed E-state index contributed by atoms with van der Waals surface area (Å²) in [6, 6.07) is 9.84. The van der Waals surface area contributed by atoms with Crippen LogP contribution in [0.2, 0.25) is 0 Å². The minimum absolute atomic E-state index is 0. The maximum atomic E-state index is 12.3. The van der Waals surface area contributed by atoms with Crippen LogP contribution < -0.4 is 20.8 Å². The SMILES string of the molecule is O=[N+]([O-])c1ccc(NCCN=C([O-])c2cccc(C([O-])=NCCNc3ccc([N+](=O)[O-])cn3)n2)nc1.[Cu+2]. The summed E-state index contributed by atoms with van der Waals surface area (Å²) in [7, 11) is 0. The first-order valence-corrected chi connectivity index (χ1v) is 10.4. The van der Waals surface area contributed by atoms with E-state index in [1.165, 1.54) is 42.5 Å². The summed E-state index contributed by atoms with van der Waals surface area (Å²) in [4.78, 5) is 39.7. The zero-order valence-electron chi connectivity index (χ0n) is 18.9. The van der Waals surface area contributed by atoms with Crippen LogP contribution in [-0.4, -0.2) is 62.8 Å². The van der Waals surface area contributed by atoms with Crippen LogP contribution in [0.15, 0.2) is 64.8 Å². The molecule has 37 heavy (non-hydrogen) atoms. The second-order valence-corrected chi connectivity index (χ2v) is 6.95. The van der Waals surface area contributed by atoms with Crippen molar-refractivity contribution in [1.29, 1.82) is 0 Å². The Morgan fingerprint density at radius 1 is 0.757 bits per heavy atom. The predicted molar refractivity (Wildman–Crippen MR) is 126 cm³/mol. The summed E-state index contributed by atoms with van der Waals surface area (Å²) in [6.07, 6.45) is 2.23. The summed E-state index contributed by atoms with van der Waals surface area (Å²) in [5, 5.41) is 51.6. The van der Waals surface area contributed by atoms with E-state index < -0.39 is 21.6 Å². The summed E-state index contributed by atoms with van der Waals surface area (Å²) >= 11 is 0. The predicted octanol–water partition coefficient (Wildman–Crippen LogP) is 0.124. The third-order valence-corrected chi connectivity index (χ3v) is 4.45. The molecule has 1 radical (unpaired) electrons. The van der Waals surface area contributed by atoms with Crippen LogP contribution in [-0.2, 0) is 17.1 Å². The molecule has 3 heterocycles. The maximum Gasteiger partial charge on any atom is 2.00 e. The van der Waals surface area contributed by atoms with E-state index in [1.54, 1.807) is 0 Å². The van der Waals surface area contributed by atoms with Gasteiger partial charge in [-0.05, 0) is 24.3 Å². The molecule has 16 heteroatoms. The van der Waals surface area contributed by atoms with Gasteiger partial charge < -0.3 is 20.8 Å². The molecule has 3 aromatic heterocycles. The van der Waals surface area contributed by atoms with E-state index in [2.05, 4.69) is 35.6 Å². The Kier molecular flexibility index (Phi) is 10.8. The van der Waals surface area contributed by atoms with Crippen LogP contribution in [0, 0.1) is 20.2 Å². The van der Waals surface area contributed by atoms with E-state index in [0.717, 1.165) is 12.4 Å². The molecule has 3 aromatic rings. The molecule has 2 N–H and O–H groups in total. The molecule has 0 fully saturated rings. The van der Waals surface area contributed by atoms with Crippen molar-refractivity contribution in [3.05, 3.63) is 86.5 Å².